The largest absolute Gasteiger partial charge is 0.392 e. The fourth-order valence-electron chi connectivity index (χ4n) is 1.62. The molecule has 2 aromatic rings. The quantitative estimate of drug-likeness (QED) is 0.860. The predicted octanol–water partition coefficient (Wildman–Crippen LogP) is 3.02. The fraction of sp³-hybridized carbons (Fsp3) is 0.0769. The van der Waals surface area contributed by atoms with E-state index in [1.54, 1.807) is 0 Å². The van der Waals surface area contributed by atoms with E-state index in [-0.39, 0.29) is 16.1 Å². The van der Waals surface area contributed by atoms with Crippen molar-refractivity contribution in [3.05, 3.63) is 58.1 Å². The van der Waals surface area contributed by atoms with Gasteiger partial charge < -0.3 is 5.11 Å². The number of nitrogens with one attached hydrogen (secondary N) is 1. The fourth-order valence-corrected chi connectivity index (χ4v) is 3.09. The van der Waals surface area contributed by atoms with Crippen LogP contribution in [0.25, 0.3) is 0 Å². The lowest BCUT2D eigenvalue weighted by Gasteiger charge is -2.10. The van der Waals surface area contributed by atoms with Crippen LogP contribution in [-0.4, -0.2) is 13.5 Å². The van der Waals surface area contributed by atoms with Gasteiger partial charge in [0, 0.05) is 10.0 Å². The first-order valence-electron chi connectivity index (χ1n) is 5.70. The van der Waals surface area contributed by atoms with Crippen LogP contribution in [0.5, 0.6) is 0 Å². The molecular weight excluding hydrogens is 368 g/mol. The Morgan fingerprint density at radius 1 is 1.10 bits per heavy atom. The van der Waals surface area contributed by atoms with Crippen molar-refractivity contribution in [3.8, 4) is 0 Å². The van der Waals surface area contributed by atoms with Gasteiger partial charge in [0.25, 0.3) is 10.0 Å². The van der Waals surface area contributed by atoms with Crippen molar-refractivity contribution >= 4 is 31.6 Å². The highest BCUT2D eigenvalue weighted by Crippen LogP contribution is 2.24. The molecule has 0 aromatic heterocycles. The van der Waals surface area contributed by atoms with Gasteiger partial charge in [-0.15, -0.1) is 0 Å². The summed E-state index contributed by atoms with van der Waals surface area (Å²) in [6, 6.07) is 6.75. The Balaban J connectivity index is 2.41. The van der Waals surface area contributed by atoms with E-state index < -0.39 is 28.3 Å². The van der Waals surface area contributed by atoms with Crippen LogP contribution in [0.15, 0.2) is 45.8 Å². The molecule has 0 saturated carbocycles. The number of sulfonamides is 1. The molecule has 112 valence electrons. The van der Waals surface area contributed by atoms with Crippen molar-refractivity contribution in [2.24, 2.45) is 0 Å². The first kappa shape index (κ1) is 15.9. The average Bonchev–Trinajstić information content (AvgIpc) is 2.43. The smallest absolute Gasteiger partial charge is 0.262 e. The monoisotopic (exact) mass is 377 g/mol. The van der Waals surface area contributed by atoms with Crippen LogP contribution in [0, 0.1) is 11.6 Å². The van der Waals surface area contributed by atoms with Gasteiger partial charge in [0.15, 0.2) is 0 Å². The molecule has 0 heterocycles. The molecule has 2 rings (SSSR count). The lowest BCUT2D eigenvalue weighted by molar-refractivity contribution is 0.275. The first-order valence-corrected chi connectivity index (χ1v) is 7.98. The maximum Gasteiger partial charge on any atom is 0.262 e. The van der Waals surface area contributed by atoms with Gasteiger partial charge in [-0.05, 0) is 36.4 Å². The second kappa shape index (κ2) is 6.08. The average molecular weight is 378 g/mol. The van der Waals surface area contributed by atoms with Gasteiger partial charge in [-0.25, -0.2) is 17.2 Å². The van der Waals surface area contributed by atoms with Crippen molar-refractivity contribution in [2.75, 3.05) is 4.72 Å². The second-order valence-electron chi connectivity index (χ2n) is 4.14. The Kier molecular flexibility index (Phi) is 4.60. The van der Waals surface area contributed by atoms with Crippen molar-refractivity contribution in [2.45, 2.75) is 11.5 Å². The van der Waals surface area contributed by atoms with Crippen LogP contribution in [-0.2, 0) is 16.6 Å². The minimum atomic E-state index is -4.09. The van der Waals surface area contributed by atoms with Gasteiger partial charge in [-0.3, -0.25) is 4.72 Å². The molecule has 0 aliphatic heterocycles. The normalized spacial score (nSPS) is 11.4. The van der Waals surface area contributed by atoms with E-state index in [4.69, 9.17) is 5.11 Å². The molecule has 8 heteroatoms. The molecule has 4 nitrogen and oxygen atoms in total. The number of aliphatic hydroxyl groups excluding tert-OH is 1. The van der Waals surface area contributed by atoms with Gasteiger partial charge in [-0.1, -0.05) is 15.9 Å². The molecule has 0 aliphatic carbocycles. The van der Waals surface area contributed by atoms with E-state index in [9.17, 15) is 17.2 Å². The zero-order valence-electron chi connectivity index (χ0n) is 10.5. The highest BCUT2D eigenvalue weighted by atomic mass is 79.9. The van der Waals surface area contributed by atoms with E-state index >= 15 is 0 Å². The minimum absolute atomic E-state index is 0.160. The highest BCUT2D eigenvalue weighted by molar-refractivity contribution is 9.10. The topological polar surface area (TPSA) is 66.4 Å². The maximum atomic E-state index is 13.6. The Hall–Kier alpha value is -1.51. The minimum Gasteiger partial charge on any atom is -0.392 e. The highest BCUT2D eigenvalue weighted by Gasteiger charge is 2.18. The Morgan fingerprint density at radius 3 is 2.43 bits per heavy atom. The Bertz CT molecular complexity index is 781. The molecule has 0 spiro atoms. The van der Waals surface area contributed by atoms with Gasteiger partial charge in [0.05, 0.1) is 17.2 Å². The number of hydrogen-bond donors (Lipinski definition) is 2. The SMILES string of the molecule is O=S(=O)(Nc1cc(Br)ccc1F)c1ccc(F)c(CO)c1. The van der Waals surface area contributed by atoms with Crippen molar-refractivity contribution in [1.29, 1.82) is 0 Å². The molecule has 0 unspecified atom stereocenters. The Labute approximate surface area is 128 Å². The van der Waals surface area contributed by atoms with E-state index in [1.165, 1.54) is 12.1 Å². The number of rotatable bonds is 4. The molecule has 0 fully saturated rings. The van der Waals surface area contributed by atoms with Crippen LogP contribution < -0.4 is 4.72 Å². The predicted molar refractivity (Wildman–Crippen MR) is 77.2 cm³/mol. The third kappa shape index (κ3) is 3.58. The van der Waals surface area contributed by atoms with Gasteiger partial charge in [-0.2, -0.15) is 0 Å². The van der Waals surface area contributed by atoms with Crippen LogP contribution in [0.3, 0.4) is 0 Å². The summed E-state index contributed by atoms with van der Waals surface area (Å²) in [4.78, 5) is -0.271. The summed E-state index contributed by atoms with van der Waals surface area (Å²) >= 11 is 3.11. The van der Waals surface area contributed by atoms with Crippen molar-refractivity contribution < 1.29 is 22.3 Å². The van der Waals surface area contributed by atoms with Crippen LogP contribution >= 0.6 is 15.9 Å². The summed E-state index contributed by atoms with van der Waals surface area (Å²) in [5.41, 5.74) is -0.396. The summed E-state index contributed by atoms with van der Waals surface area (Å²) < 4.78 is 53.7. The standard InChI is InChI=1S/C13H10BrF2NO3S/c14-9-1-3-12(16)13(6-9)17-21(19,20)10-2-4-11(15)8(5-10)7-18/h1-6,17-18H,7H2. The zero-order valence-corrected chi connectivity index (χ0v) is 12.9. The summed E-state index contributed by atoms with van der Waals surface area (Å²) in [6.45, 7) is -0.638. The van der Waals surface area contributed by atoms with E-state index in [1.807, 2.05) is 0 Å². The molecule has 0 radical (unpaired) electrons. The molecule has 0 saturated heterocycles. The van der Waals surface area contributed by atoms with Crippen molar-refractivity contribution in [3.63, 3.8) is 0 Å². The second-order valence-corrected chi connectivity index (χ2v) is 6.74. The summed E-state index contributed by atoms with van der Waals surface area (Å²) in [7, 11) is -4.09. The van der Waals surface area contributed by atoms with Gasteiger partial charge in [0.1, 0.15) is 11.6 Å². The number of anilines is 1. The van der Waals surface area contributed by atoms with E-state index in [0.29, 0.717) is 4.47 Å². The number of aliphatic hydroxyl groups is 1. The van der Waals surface area contributed by atoms with E-state index in [0.717, 1.165) is 24.3 Å². The molecule has 0 atom stereocenters. The summed E-state index contributed by atoms with van der Waals surface area (Å²) in [5.74, 6) is -1.46. The third-order valence-electron chi connectivity index (χ3n) is 2.67. The molecular formula is C13H10BrF2NO3S. The number of benzene rings is 2. The Morgan fingerprint density at radius 2 is 1.76 bits per heavy atom. The van der Waals surface area contributed by atoms with Gasteiger partial charge in [0.2, 0.25) is 0 Å². The number of hydrogen-bond acceptors (Lipinski definition) is 3. The van der Waals surface area contributed by atoms with Crippen LogP contribution in [0.2, 0.25) is 0 Å². The summed E-state index contributed by atoms with van der Waals surface area (Å²) in [6.07, 6.45) is 0. The molecule has 2 aromatic carbocycles. The number of halogens is 3. The molecule has 0 aliphatic rings. The molecule has 0 amide bonds. The van der Waals surface area contributed by atoms with E-state index in [2.05, 4.69) is 20.7 Å². The molecule has 2 N–H and O–H groups in total. The lowest BCUT2D eigenvalue weighted by atomic mass is 10.2. The third-order valence-corrected chi connectivity index (χ3v) is 4.53. The first-order chi connectivity index (χ1) is 9.83. The van der Waals surface area contributed by atoms with Gasteiger partial charge >= 0.3 is 0 Å². The zero-order chi connectivity index (χ0) is 15.6. The lowest BCUT2D eigenvalue weighted by Crippen LogP contribution is -2.14. The molecule has 0 bridgehead atoms. The summed E-state index contributed by atoms with van der Waals surface area (Å²) in [5, 5.41) is 8.96. The maximum absolute atomic E-state index is 13.6. The van der Waals surface area contributed by atoms with Crippen molar-refractivity contribution in [1.82, 2.24) is 0 Å². The van der Waals surface area contributed by atoms with Crippen LogP contribution in [0.4, 0.5) is 14.5 Å². The molecule has 21 heavy (non-hydrogen) atoms. The van der Waals surface area contributed by atoms with Crippen LogP contribution in [0.1, 0.15) is 5.56 Å².